The van der Waals surface area contributed by atoms with Gasteiger partial charge in [-0.1, -0.05) is 36.8 Å². The van der Waals surface area contributed by atoms with Gasteiger partial charge in [-0.2, -0.15) is 5.10 Å². The number of H-pyrrole nitrogens is 1. The molecule has 3 rings (SSSR count). The van der Waals surface area contributed by atoms with E-state index >= 15 is 0 Å². The second-order valence-corrected chi connectivity index (χ2v) is 4.97. The highest BCUT2D eigenvalue weighted by molar-refractivity contribution is 5.94. The van der Waals surface area contributed by atoms with Crippen molar-refractivity contribution in [2.24, 2.45) is 0 Å². The van der Waals surface area contributed by atoms with Gasteiger partial charge in [-0.25, -0.2) is 0 Å². The number of nitrogens with zero attached hydrogens (tertiary/aromatic N) is 1. The van der Waals surface area contributed by atoms with E-state index in [1.165, 1.54) is 5.56 Å². The van der Waals surface area contributed by atoms with Crippen LogP contribution in [0.2, 0.25) is 0 Å². The van der Waals surface area contributed by atoms with Crippen LogP contribution >= 0.6 is 0 Å². The second kappa shape index (κ2) is 5.37. The van der Waals surface area contributed by atoms with Crippen LogP contribution in [0.3, 0.4) is 0 Å². The minimum atomic E-state index is 0.721. The van der Waals surface area contributed by atoms with Gasteiger partial charge in [0.05, 0.1) is 12.1 Å². The van der Waals surface area contributed by atoms with Crippen molar-refractivity contribution < 1.29 is 4.74 Å². The van der Waals surface area contributed by atoms with Gasteiger partial charge in [-0.15, -0.1) is 0 Å². The molecule has 0 radical (unpaired) electrons. The van der Waals surface area contributed by atoms with E-state index in [1.807, 2.05) is 24.3 Å². The monoisotopic (exact) mass is 266 g/mol. The Hall–Kier alpha value is -2.29. The Kier molecular flexibility index (Phi) is 3.42. The fraction of sp³-hybridized carbons (Fsp3) is 0.235. The fourth-order valence-electron chi connectivity index (χ4n) is 2.34. The Bertz CT molecular complexity index is 731. The van der Waals surface area contributed by atoms with E-state index in [4.69, 9.17) is 4.74 Å². The average Bonchev–Trinajstić information content (AvgIpc) is 2.90. The Morgan fingerprint density at radius 1 is 1.15 bits per heavy atom. The summed E-state index contributed by atoms with van der Waals surface area (Å²) in [4.78, 5) is 0. The number of hydrogen-bond acceptors (Lipinski definition) is 2. The zero-order valence-corrected chi connectivity index (χ0v) is 11.8. The van der Waals surface area contributed by atoms with E-state index in [-0.39, 0.29) is 0 Å². The van der Waals surface area contributed by atoms with Crippen molar-refractivity contribution in [1.82, 2.24) is 10.2 Å². The van der Waals surface area contributed by atoms with Gasteiger partial charge in [0, 0.05) is 10.9 Å². The molecule has 0 unspecified atom stereocenters. The van der Waals surface area contributed by atoms with Crippen LogP contribution in [-0.2, 0) is 0 Å². The lowest BCUT2D eigenvalue weighted by atomic mass is 10.0. The van der Waals surface area contributed by atoms with Gasteiger partial charge < -0.3 is 4.74 Å². The lowest BCUT2D eigenvalue weighted by Crippen LogP contribution is -1.97. The maximum Gasteiger partial charge on any atom is 0.128 e. The van der Waals surface area contributed by atoms with Crippen LogP contribution in [0.4, 0.5) is 0 Å². The molecule has 0 saturated carbocycles. The standard InChI is InChI=1S/C17H18N2O/c1-3-10-20-16-9-8-12(2)11-14(16)17-13-6-4-5-7-15(13)18-19-17/h4-9,11H,3,10H2,1-2H3,(H,18,19). The average molecular weight is 266 g/mol. The smallest absolute Gasteiger partial charge is 0.128 e. The molecule has 1 N–H and O–H groups in total. The van der Waals surface area contributed by atoms with E-state index in [0.29, 0.717) is 0 Å². The predicted molar refractivity (Wildman–Crippen MR) is 82.1 cm³/mol. The Balaban J connectivity index is 2.14. The van der Waals surface area contributed by atoms with Crippen molar-refractivity contribution in [3.8, 4) is 17.0 Å². The van der Waals surface area contributed by atoms with Gasteiger partial charge in [-0.3, -0.25) is 5.10 Å². The van der Waals surface area contributed by atoms with Crippen molar-refractivity contribution in [1.29, 1.82) is 0 Å². The zero-order chi connectivity index (χ0) is 13.9. The van der Waals surface area contributed by atoms with E-state index in [9.17, 15) is 0 Å². The van der Waals surface area contributed by atoms with E-state index in [1.54, 1.807) is 0 Å². The minimum absolute atomic E-state index is 0.721. The normalized spacial score (nSPS) is 10.9. The molecular weight excluding hydrogens is 248 g/mol. The highest BCUT2D eigenvalue weighted by Gasteiger charge is 2.13. The third-order valence-corrected chi connectivity index (χ3v) is 3.32. The van der Waals surface area contributed by atoms with Crippen LogP contribution in [0.5, 0.6) is 5.75 Å². The van der Waals surface area contributed by atoms with Gasteiger partial charge in [-0.05, 0) is 31.5 Å². The Morgan fingerprint density at radius 3 is 2.85 bits per heavy atom. The number of aromatic nitrogens is 2. The molecule has 1 aromatic heterocycles. The number of rotatable bonds is 4. The van der Waals surface area contributed by atoms with Crippen LogP contribution in [-0.4, -0.2) is 16.8 Å². The number of ether oxygens (including phenoxy) is 1. The lowest BCUT2D eigenvalue weighted by Gasteiger charge is -2.10. The first-order valence-corrected chi connectivity index (χ1v) is 6.96. The molecule has 0 spiro atoms. The largest absolute Gasteiger partial charge is 0.493 e. The van der Waals surface area contributed by atoms with Gasteiger partial charge in [0.15, 0.2) is 0 Å². The zero-order valence-electron chi connectivity index (χ0n) is 11.8. The molecule has 20 heavy (non-hydrogen) atoms. The topological polar surface area (TPSA) is 37.9 Å². The Morgan fingerprint density at radius 2 is 2.00 bits per heavy atom. The molecule has 0 aliphatic heterocycles. The molecule has 2 aromatic carbocycles. The molecule has 102 valence electrons. The van der Waals surface area contributed by atoms with Crippen molar-refractivity contribution in [2.45, 2.75) is 20.3 Å². The third-order valence-electron chi connectivity index (χ3n) is 3.32. The predicted octanol–water partition coefficient (Wildman–Crippen LogP) is 4.33. The van der Waals surface area contributed by atoms with Crippen molar-refractivity contribution in [3.63, 3.8) is 0 Å². The molecule has 0 aliphatic carbocycles. The SMILES string of the molecule is CCCOc1ccc(C)cc1-c1n[nH]c2ccccc12. The molecule has 1 heterocycles. The van der Waals surface area contributed by atoms with Gasteiger partial charge in [0.1, 0.15) is 11.4 Å². The van der Waals surface area contributed by atoms with Crippen molar-refractivity contribution in [3.05, 3.63) is 48.0 Å². The molecule has 3 heteroatoms. The third kappa shape index (κ3) is 2.27. The summed E-state index contributed by atoms with van der Waals surface area (Å²) >= 11 is 0. The van der Waals surface area contributed by atoms with Crippen LogP contribution in [0, 0.1) is 6.92 Å². The molecule has 0 saturated heterocycles. The van der Waals surface area contributed by atoms with Crippen molar-refractivity contribution >= 4 is 10.9 Å². The van der Waals surface area contributed by atoms with Crippen LogP contribution in [0.1, 0.15) is 18.9 Å². The second-order valence-electron chi connectivity index (χ2n) is 4.97. The first-order chi connectivity index (χ1) is 9.79. The minimum Gasteiger partial charge on any atom is -0.493 e. The van der Waals surface area contributed by atoms with Crippen LogP contribution in [0.15, 0.2) is 42.5 Å². The quantitative estimate of drug-likeness (QED) is 0.763. The summed E-state index contributed by atoms with van der Waals surface area (Å²) in [7, 11) is 0. The number of aromatic amines is 1. The first kappa shape index (κ1) is 12.7. The molecule has 3 aromatic rings. The summed E-state index contributed by atoms with van der Waals surface area (Å²) in [6.45, 7) is 4.91. The Labute approximate surface area is 118 Å². The maximum absolute atomic E-state index is 5.86. The van der Waals surface area contributed by atoms with E-state index in [2.05, 4.69) is 42.2 Å². The molecule has 0 atom stereocenters. The molecular formula is C17H18N2O. The lowest BCUT2D eigenvalue weighted by molar-refractivity contribution is 0.318. The number of aryl methyl sites for hydroxylation is 1. The molecule has 0 amide bonds. The number of fused-ring (bicyclic) bond motifs is 1. The number of nitrogens with one attached hydrogen (secondary N) is 1. The summed E-state index contributed by atoms with van der Waals surface area (Å²) in [5.74, 6) is 0.898. The van der Waals surface area contributed by atoms with Crippen LogP contribution < -0.4 is 4.74 Å². The highest BCUT2D eigenvalue weighted by atomic mass is 16.5. The van der Waals surface area contributed by atoms with Gasteiger partial charge in [0.25, 0.3) is 0 Å². The number of para-hydroxylation sites is 1. The molecule has 0 fully saturated rings. The van der Waals surface area contributed by atoms with E-state index in [0.717, 1.165) is 40.9 Å². The molecule has 3 nitrogen and oxygen atoms in total. The number of benzene rings is 2. The molecule has 0 bridgehead atoms. The summed E-state index contributed by atoms with van der Waals surface area (Å²) in [6.07, 6.45) is 0.995. The van der Waals surface area contributed by atoms with Gasteiger partial charge >= 0.3 is 0 Å². The maximum atomic E-state index is 5.86. The summed E-state index contributed by atoms with van der Waals surface area (Å²) in [5.41, 5.74) is 4.26. The molecule has 0 aliphatic rings. The highest BCUT2D eigenvalue weighted by Crippen LogP contribution is 2.34. The van der Waals surface area contributed by atoms with Crippen LogP contribution in [0.25, 0.3) is 22.2 Å². The van der Waals surface area contributed by atoms with Crippen molar-refractivity contribution in [2.75, 3.05) is 6.61 Å². The summed E-state index contributed by atoms with van der Waals surface area (Å²) in [5, 5.41) is 8.68. The van der Waals surface area contributed by atoms with Gasteiger partial charge in [0.2, 0.25) is 0 Å². The fourth-order valence-corrected chi connectivity index (χ4v) is 2.34. The van der Waals surface area contributed by atoms with E-state index < -0.39 is 0 Å². The number of hydrogen-bond donors (Lipinski definition) is 1. The first-order valence-electron chi connectivity index (χ1n) is 6.96. The summed E-state index contributed by atoms with van der Waals surface area (Å²) in [6, 6.07) is 14.4. The summed E-state index contributed by atoms with van der Waals surface area (Å²) < 4.78 is 5.86.